The van der Waals surface area contributed by atoms with Gasteiger partial charge in [-0.15, -0.1) is 0 Å². The quantitative estimate of drug-likeness (QED) is 0.635. The highest BCUT2D eigenvalue weighted by Gasteiger charge is 2.37. The predicted molar refractivity (Wildman–Crippen MR) is 89.8 cm³/mol. The Morgan fingerprint density at radius 1 is 1.24 bits per heavy atom. The van der Waals surface area contributed by atoms with Crippen LogP contribution in [0, 0.1) is 5.41 Å². The summed E-state index contributed by atoms with van der Waals surface area (Å²) in [6.45, 7) is 0.320. The molecule has 0 spiro atoms. The van der Waals surface area contributed by atoms with Gasteiger partial charge in [0.05, 0.1) is 17.4 Å². The van der Waals surface area contributed by atoms with Crippen molar-refractivity contribution in [3.05, 3.63) is 27.7 Å². The number of benzene rings is 1. The van der Waals surface area contributed by atoms with E-state index < -0.39 is 14.5 Å². The first kappa shape index (κ1) is 17.4. The van der Waals surface area contributed by atoms with Gasteiger partial charge in [-0.3, -0.25) is 0 Å². The molecule has 0 amide bonds. The lowest BCUT2D eigenvalue weighted by molar-refractivity contribution is 0.119. The molecule has 0 N–H and O–H groups in total. The van der Waals surface area contributed by atoms with Gasteiger partial charge >= 0.3 is 0 Å². The lowest BCUT2D eigenvalue weighted by Crippen LogP contribution is -2.36. The Morgan fingerprint density at radius 2 is 1.90 bits per heavy atom. The molecule has 3 nitrogen and oxygen atoms in total. The Labute approximate surface area is 143 Å². The molecule has 0 heterocycles. The minimum absolute atomic E-state index is 0.0459. The molecule has 0 radical (unpaired) electrons. The Morgan fingerprint density at radius 3 is 2.48 bits per heavy atom. The van der Waals surface area contributed by atoms with Crippen molar-refractivity contribution in [2.24, 2.45) is 5.41 Å². The first-order valence-electron chi connectivity index (χ1n) is 6.80. The molecule has 1 saturated carbocycles. The molecule has 1 fully saturated rings. The van der Waals surface area contributed by atoms with Gasteiger partial charge in [0.2, 0.25) is 9.05 Å². The van der Waals surface area contributed by atoms with Gasteiger partial charge in [0.15, 0.2) is 0 Å². The summed E-state index contributed by atoms with van der Waals surface area (Å²) in [6, 6.07) is 5.37. The van der Waals surface area contributed by atoms with Crippen LogP contribution < -0.4 is 4.74 Å². The van der Waals surface area contributed by atoms with Crippen molar-refractivity contribution in [3.8, 4) is 5.75 Å². The second-order valence-corrected chi connectivity index (χ2v) is 9.71. The molecule has 1 aliphatic carbocycles. The lowest BCUT2D eigenvalue weighted by Gasteiger charge is -2.36. The zero-order chi connectivity index (χ0) is 15.5. The zero-order valence-corrected chi connectivity index (χ0v) is 15.4. The van der Waals surface area contributed by atoms with Crippen molar-refractivity contribution in [1.82, 2.24) is 0 Å². The maximum Gasteiger partial charge on any atom is 0.233 e. The second kappa shape index (κ2) is 7.07. The van der Waals surface area contributed by atoms with Crippen LogP contribution in [0.2, 0.25) is 5.02 Å². The van der Waals surface area contributed by atoms with Crippen molar-refractivity contribution in [3.63, 3.8) is 0 Å². The van der Waals surface area contributed by atoms with E-state index in [1.54, 1.807) is 12.1 Å². The highest BCUT2D eigenvalue weighted by molar-refractivity contribution is 9.10. The van der Waals surface area contributed by atoms with Crippen LogP contribution in [-0.4, -0.2) is 20.8 Å². The molecule has 2 rings (SSSR count). The minimum atomic E-state index is -3.55. The van der Waals surface area contributed by atoms with Crippen molar-refractivity contribution >= 4 is 47.3 Å². The summed E-state index contributed by atoms with van der Waals surface area (Å²) in [6.07, 6.45) is 4.76. The van der Waals surface area contributed by atoms with Gasteiger partial charge in [-0.1, -0.05) is 46.8 Å². The largest absolute Gasteiger partial charge is 0.491 e. The van der Waals surface area contributed by atoms with Crippen molar-refractivity contribution in [2.75, 3.05) is 12.4 Å². The van der Waals surface area contributed by atoms with Gasteiger partial charge in [-0.2, -0.15) is 0 Å². The average Bonchev–Trinajstić information content (AvgIpc) is 2.37. The maximum atomic E-state index is 11.5. The van der Waals surface area contributed by atoms with Crippen molar-refractivity contribution < 1.29 is 13.2 Å². The van der Waals surface area contributed by atoms with Gasteiger partial charge in [0.25, 0.3) is 0 Å². The van der Waals surface area contributed by atoms with Gasteiger partial charge in [-0.25, -0.2) is 8.42 Å². The molecule has 0 unspecified atom stereocenters. The highest BCUT2D eigenvalue weighted by Crippen LogP contribution is 2.39. The summed E-state index contributed by atoms with van der Waals surface area (Å²) in [5.41, 5.74) is -0.408. The summed E-state index contributed by atoms with van der Waals surface area (Å²) in [4.78, 5) is 0. The van der Waals surface area contributed by atoms with Crippen molar-refractivity contribution in [2.45, 2.75) is 32.1 Å². The summed E-state index contributed by atoms with van der Waals surface area (Å²) < 4.78 is 29.7. The normalized spacial score (nSPS) is 18.4. The van der Waals surface area contributed by atoms with E-state index in [0.717, 1.165) is 36.6 Å². The van der Waals surface area contributed by atoms with Gasteiger partial charge in [0.1, 0.15) is 5.75 Å². The molecule has 21 heavy (non-hydrogen) atoms. The third-order valence-corrected chi connectivity index (χ3v) is 5.89. The highest BCUT2D eigenvalue weighted by atomic mass is 79.9. The van der Waals surface area contributed by atoms with E-state index in [0.29, 0.717) is 17.4 Å². The topological polar surface area (TPSA) is 43.4 Å². The van der Waals surface area contributed by atoms with Crippen molar-refractivity contribution in [1.29, 1.82) is 0 Å². The number of halogens is 3. The minimum Gasteiger partial charge on any atom is -0.491 e. The third-order valence-electron chi connectivity index (χ3n) is 3.82. The van der Waals surface area contributed by atoms with Crippen LogP contribution in [0.5, 0.6) is 5.75 Å². The molecule has 0 aliphatic heterocycles. The molecular formula is C14H17BrCl2O3S. The van der Waals surface area contributed by atoms with E-state index in [4.69, 9.17) is 27.0 Å². The Kier molecular flexibility index (Phi) is 5.85. The number of ether oxygens (including phenoxy) is 1. The molecule has 0 bridgehead atoms. The Balaban J connectivity index is 2.12. The molecule has 0 aromatic heterocycles. The van der Waals surface area contributed by atoms with Gasteiger partial charge in [0, 0.05) is 20.6 Å². The molecule has 1 aromatic rings. The summed E-state index contributed by atoms with van der Waals surface area (Å²) in [7, 11) is 1.92. The van der Waals surface area contributed by atoms with Crippen LogP contribution in [-0.2, 0) is 9.05 Å². The fourth-order valence-corrected chi connectivity index (χ4v) is 5.35. The Bertz CT molecular complexity index is 598. The van der Waals surface area contributed by atoms with Gasteiger partial charge < -0.3 is 4.74 Å². The molecule has 1 aromatic carbocycles. The number of rotatable bonds is 5. The van der Waals surface area contributed by atoms with Gasteiger partial charge in [-0.05, 0) is 31.0 Å². The predicted octanol–water partition coefficient (Wildman–Crippen LogP) is 5.00. The van der Waals surface area contributed by atoms with Crippen LogP contribution in [0.3, 0.4) is 0 Å². The molecule has 118 valence electrons. The number of hydrogen-bond acceptors (Lipinski definition) is 3. The third kappa shape index (κ3) is 5.31. The van der Waals surface area contributed by atoms with E-state index in [9.17, 15) is 8.42 Å². The fourth-order valence-electron chi connectivity index (χ4n) is 2.82. The molecule has 0 atom stereocenters. The van der Waals surface area contributed by atoms with E-state index in [-0.39, 0.29) is 5.75 Å². The van der Waals surface area contributed by atoms with Crippen LogP contribution in [0.1, 0.15) is 32.1 Å². The smallest absolute Gasteiger partial charge is 0.233 e. The van der Waals surface area contributed by atoms with E-state index in [1.165, 1.54) is 0 Å². The summed E-state index contributed by atoms with van der Waals surface area (Å²) in [5, 5.41) is 0.504. The van der Waals surface area contributed by atoms with E-state index >= 15 is 0 Å². The number of hydrogen-bond donors (Lipinski definition) is 0. The molecule has 0 saturated heterocycles. The van der Waals surface area contributed by atoms with Crippen LogP contribution >= 0.6 is 38.2 Å². The zero-order valence-electron chi connectivity index (χ0n) is 11.4. The fraction of sp³-hybridized carbons (Fsp3) is 0.571. The SMILES string of the molecule is O=S(=O)(Cl)CC1(COc2ccc(Br)cc2Cl)CCCCC1. The molecule has 7 heteroatoms. The maximum absolute atomic E-state index is 11.5. The summed E-state index contributed by atoms with van der Waals surface area (Å²) in [5.74, 6) is 0.521. The summed E-state index contributed by atoms with van der Waals surface area (Å²) >= 11 is 9.46. The van der Waals surface area contributed by atoms with Crippen LogP contribution in [0.25, 0.3) is 0 Å². The molecule has 1 aliphatic rings. The van der Waals surface area contributed by atoms with Crippen LogP contribution in [0.4, 0.5) is 0 Å². The standard InChI is InChI=1S/C14H17BrCl2O3S/c15-11-4-5-13(12(16)8-11)20-9-14(10-21(17,18)19)6-2-1-3-7-14/h4-5,8H,1-3,6-7,9-10H2. The second-order valence-electron chi connectivity index (χ2n) is 5.61. The first-order chi connectivity index (χ1) is 9.80. The molecular weight excluding hydrogens is 399 g/mol. The first-order valence-corrected chi connectivity index (χ1v) is 10.4. The van der Waals surface area contributed by atoms with Crippen LogP contribution in [0.15, 0.2) is 22.7 Å². The average molecular weight is 416 g/mol. The van der Waals surface area contributed by atoms with E-state index in [1.807, 2.05) is 6.07 Å². The Hall–Kier alpha value is 0.0300. The van der Waals surface area contributed by atoms with E-state index in [2.05, 4.69) is 15.9 Å². The monoisotopic (exact) mass is 414 g/mol. The lowest BCUT2D eigenvalue weighted by atomic mass is 9.76.